The predicted molar refractivity (Wildman–Crippen MR) is 119 cm³/mol. The largest absolute Gasteiger partial charge is 0.427 e. The molecule has 0 saturated carbocycles. The highest BCUT2D eigenvalue weighted by Gasteiger charge is 2.09. The van der Waals surface area contributed by atoms with E-state index in [0.29, 0.717) is 17.7 Å². The average Bonchev–Trinajstić information content (AvgIpc) is 2.66. The molecule has 1 aromatic carbocycles. The quantitative estimate of drug-likeness (QED) is 0.155. The number of unbranched alkanes of at least 4 members (excludes halogenated alkanes) is 7. The number of ether oxygens (including phenoxy) is 1. The van der Waals surface area contributed by atoms with Crippen LogP contribution in [0.1, 0.15) is 64.7 Å². The molecule has 0 unspecified atom stereocenters. The van der Waals surface area contributed by atoms with Gasteiger partial charge in [0.2, 0.25) is 5.91 Å². The first-order chi connectivity index (χ1) is 13.4. The molecule has 0 spiro atoms. The molecule has 0 saturated heterocycles. The number of rotatable bonds is 14. The Morgan fingerprint density at radius 2 is 1.46 bits per heavy atom. The van der Waals surface area contributed by atoms with Crippen LogP contribution in [0, 0.1) is 0 Å². The molecular weight excluding hydrogens is 370 g/mol. The molecule has 4 nitrogen and oxygen atoms in total. The number of benzene rings is 1. The van der Waals surface area contributed by atoms with Gasteiger partial charge in [-0.25, -0.2) is 0 Å². The van der Waals surface area contributed by atoms with E-state index in [2.05, 4.69) is 24.4 Å². The number of carbonyl (C=O) groups is 2. The van der Waals surface area contributed by atoms with E-state index in [-0.39, 0.29) is 22.8 Å². The second kappa shape index (κ2) is 14.3. The van der Waals surface area contributed by atoms with Crippen molar-refractivity contribution in [1.29, 1.82) is 0 Å². The SMILES string of the molecule is C=C(C)C(=O)NCCCCCCCCCCC(=O)Oc1ccc([S+](C)C)cc1. The number of nitrogens with one attached hydrogen (secondary N) is 1. The lowest BCUT2D eigenvalue weighted by Crippen LogP contribution is -2.24. The van der Waals surface area contributed by atoms with Crippen molar-refractivity contribution in [3.05, 3.63) is 36.4 Å². The summed E-state index contributed by atoms with van der Waals surface area (Å²) in [7, 11) is 0.224. The van der Waals surface area contributed by atoms with E-state index in [4.69, 9.17) is 4.74 Å². The maximum atomic E-state index is 11.9. The Labute approximate surface area is 173 Å². The Morgan fingerprint density at radius 3 is 2.00 bits per heavy atom. The molecule has 0 bridgehead atoms. The minimum atomic E-state index is -0.142. The van der Waals surface area contributed by atoms with Gasteiger partial charge in [-0.05, 0) is 44.0 Å². The molecule has 0 radical (unpaired) electrons. The third kappa shape index (κ3) is 11.2. The van der Waals surface area contributed by atoms with E-state index >= 15 is 0 Å². The lowest BCUT2D eigenvalue weighted by molar-refractivity contribution is -0.134. The van der Waals surface area contributed by atoms with E-state index in [1.54, 1.807) is 6.92 Å². The lowest BCUT2D eigenvalue weighted by atomic mass is 10.1. The van der Waals surface area contributed by atoms with Crippen LogP contribution in [0.2, 0.25) is 0 Å². The topological polar surface area (TPSA) is 55.4 Å². The highest BCUT2D eigenvalue weighted by atomic mass is 32.2. The van der Waals surface area contributed by atoms with Crippen molar-refractivity contribution in [2.24, 2.45) is 0 Å². The molecular formula is C23H36NO3S+. The minimum Gasteiger partial charge on any atom is -0.427 e. The van der Waals surface area contributed by atoms with E-state index in [1.165, 1.54) is 24.2 Å². The molecule has 0 aliphatic carbocycles. The van der Waals surface area contributed by atoms with Crippen LogP contribution in [0.3, 0.4) is 0 Å². The van der Waals surface area contributed by atoms with E-state index in [1.807, 2.05) is 24.3 Å². The van der Waals surface area contributed by atoms with Gasteiger partial charge in [0.15, 0.2) is 4.90 Å². The highest BCUT2D eigenvalue weighted by molar-refractivity contribution is 7.95. The summed E-state index contributed by atoms with van der Waals surface area (Å²) in [6.45, 7) is 6.07. The summed E-state index contributed by atoms with van der Waals surface area (Å²) in [4.78, 5) is 24.5. The van der Waals surface area contributed by atoms with Gasteiger partial charge in [-0.3, -0.25) is 9.59 Å². The fourth-order valence-electron chi connectivity index (χ4n) is 2.77. The van der Waals surface area contributed by atoms with Gasteiger partial charge >= 0.3 is 5.97 Å². The second-order valence-corrected chi connectivity index (χ2v) is 9.48. The van der Waals surface area contributed by atoms with Crippen LogP contribution in [-0.4, -0.2) is 30.9 Å². The molecule has 1 aromatic rings. The Kier molecular flexibility index (Phi) is 12.4. The van der Waals surface area contributed by atoms with E-state index in [0.717, 1.165) is 38.6 Å². The van der Waals surface area contributed by atoms with Gasteiger partial charge in [0.1, 0.15) is 18.3 Å². The normalized spacial score (nSPS) is 10.7. The fraction of sp³-hybridized carbons (Fsp3) is 0.565. The summed E-state index contributed by atoms with van der Waals surface area (Å²) >= 11 is 0. The van der Waals surface area contributed by atoms with Gasteiger partial charge in [-0.1, -0.05) is 45.1 Å². The first-order valence-electron chi connectivity index (χ1n) is 10.2. The molecule has 0 atom stereocenters. The summed E-state index contributed by atoms with van der Waals surface area (Å²) < 4.78 is 5.39. The van der Waals surface area contributed by atoms with Crippen LogP contribution in [0.4, 0.5) is 0 Å². The third-order valence-corrected chi connectivity index (χ3v) is 5.72. The summed E-state index contributed by atoms with van der Waals surface area (Å²) in [6, 6.07) is 7.81. The Balaban J connectivity index is 1.96. The maximum Gasteiger partial charge on any atom is 0.311 e. The van der Waals surface area contributed by atoms with Crippen molar-refractivity contribution < 1.29 is 14.3 Å². The van der Waals surface area contributed by atoms with Crippen LogP contribution >= 0.6 is 0 Å². The fourth-order valence-corrected chi connectivity index (χ4v) is 3.45. The lowest BCUT2D eigenvalue weighted by Gasteiger charge is -2.06. The number of hydrogen-bond acceptors (Lipinski definition) is 3. The highest BCUT2D eigenvalue weighted by Crippen LogP contribution is 2.17. The van der Waals surface area contributed by atoms with Gasteiger partial charge in [-0.15, -0.1) is 0 Å². The Morgan fingerprint density at radius 1 is 0.929 bits per heavy atom. The van der Waals surface area contributed by atoms with Crippen molar-refractivity contribution in [2.75, 3.05) is 19.1 Å². The number of amides is 1. The van der Waals surface area contributed by atoms with Crippen molar-refractivity contribution in [3.8, 4) is 5.75 Å². The zero-order valence-corrected chi connectivity index (χ0v) is 18.5. The van der Waals surface area contributed by atoms with Gasteiger partial charge < -0.3 is 10.1 Å². The molecule has 0 aliphatic rings. The molecule has 1 N–H and O–H groups in total. The van der Waals surface area contributed by atoms with Crippen molar-refractivity contribution >= 4 is 22.8 Å². The average molecular weight is 407 g/mol. The Bertz CT molecular complexity index is 611. The predicted octanol–water partition coefficient (Wildman–Crippen LogP) is 5.03. The number of esters is 1. The van der Waals surface area contributed by atoms with Gasteiger partial charge in [0.25, 0.3) is 0 Å². The van der Waals surface area contributed by atoms with Crippen LogP contribution in [0.25, 0.3) is 0 Å². The molecule has 0 aromatic heterocycles. The summed E-state index contributed by atoms with van der Waals surface area (Å²) in [6.07, 6.45) is 13.7. The van der Waals surface area contributed by atoms with Gasteiger partial charge in [-0.2, -0.15) is 0 Å². The molecule has 1 rings (SSSR count). The molecule has 5 heteroatoms. The van der Waals surface area contributed by atoms with Crippen LogP contribution in [0.15, 0.2) is 41.3 Å². The van der Waals surface area contributed by atoms with Crippen LogP contribution < -0.4 is 10.1 Å². The van der Waals surface area contributed by atoms with Crippen molar-refractivity contribution in [2.45, 2.75) is 69.6 Å². The van der Waals surface area contributed by atoms with Crippen molar-refractivity contribution in [3.63, 3.8) is 0 Å². The molecule has 1 amide bonds. The first-order valence-corrected chi connectivity index (χ1v) is 12.3. The monoisotopic (exact) mass is 406 g/mol. The number of hydrogen-bond donors (Lipinski definition) is 1. The molecule has 0 heterocycles. The van der Waals surface area contributed by atoms with E-state index < -0.39 is 0 Å². The smallest absolute Gasteiger partial charge is 0.311 e. The Hall–Kier alpha value is -1.75. The third-order valence-electron chi connectivity index (χ3n) is 4.51. The summed E-state index contributed by atoms with van der Waals surface area (Å²) in [5.41, 5.74) is 0.563. The standard InChI is InChI=1S/C23H35NO3S/c1-19(2)23(26)24-18-12-10-8-6-5-7-9-11-13-22(25)27-20-14-16-21(17-15-20)28(3)4/h14-17H,1,5-13,18H2,2-4H3/p+1. The second-order valence-electron chi connectivity index (χ2n) is 7.38. The van der Waals surface area contributed by atoms with Crippen LogP contribution in [-0.2, 0) is 20.5 Å². The summed E-state index contributed by atoms with van der Waals surface area (Å²) in [5, 5.41) is 2.85. The molecule has 0 aliphatic heterocycles. The minimum absolute atomic E-state index is 0.0496. The van der Waals surface area contributed by atoms with Gasteiger partial charge in [0, 0.05) is 29.4 Å². The molecule has 156 valence electrons. The van der Waals surface area contributed by atoms with Crippen LogP contribution in [0.5, 0.6) is 5.75 Å². The first kappa shape index (κ1) is 24.3. The zero-order chi connectivity index (χ0) is 20.8. The van der Waals surface area contributed by atoms with Gasteiger partial charge in [0.05, 0.1) is 0 Å². The maximum absolute atomic E-state index is 11.9. The molecule has 0 fully saturated rings. The number of carbonyl (C=O) groups excluding carboxylic acids is 2. The molecule has 28 heavy (non-hydrogen) atoms. The zero-order valence-electron chi connectivity index (χ0n) is 17.7. The summed E-state index contributed by atoms with van der Waals surface area (Å²) in [5.74, 6) is 0.446. The van der Waals surface area contributed by atoms with E-state index in [9.17, 15) is 9.59 Å². The van der Waals surface area contributed by atoms with Crippen molar-refractivity contribution in [1.82, 2.24) is 5.32 Å².